The van der Waals surface area contributed by atoms with E-state index < -0.39 is 12.9 Å². The maximum absolute atomic E-state index is 9.26. The van der Waals surface area contributed by atoms with Gasteiger partial charge in [-0.05, 0) is 25.1 Å². The van der Waals surface area contributed by atoms with Gasteiger partial charge in [0.2, 0.25) is 0 Å². The molecule has 2 aliphatic rings. The first-order valence-electron chi connectivity index (χ1n) is 5.09. The van der Waals surface area contributed by atoms with Gasteiger partial charge in [-0.3, -0.25) is 0 Å². The number of methoxy groups -OCH3 is 1. The average molecular weight is 248 g/mol. The van der Waals surface area contributed by atoms with Gasteiger partial charge in [-0.1, -0.05) is 0 Å². The lowest BCUT2D eigenvalue weighted by Crippen LogP contribution is -2.39. The van der Waals surface area contributed by atoms with Crippen molar-refractivity contribution in [2.75, 3.05) is 13.7 Å². The Kier molecular flexibility index (Phi) is 3.03. The molecule has 0 spiro atoms. The molecule has 92 valence electrons. The average Bonchev–Trinajstić information content (AvgIpc) is 2.65. The van der Waals surface area contributed by atoms with Crippen molar-refractivity contribution >= 4 is 13.6 Å². The van der Waals surface area contributed by atoms with Crippen LogP contribution in [-0.2, 0) is 14.2 Å². The number of fused-ring (bicyclic) bond motifs is 2. The zero-order valence-electron chi connectivity index (χ0n) is 9.37. The molecule has 2 N–H and O–H groups in total. The molecule has 4 atom stereocenters. The Balaban J connectivity index is 2.24. The van der Waals surface area contributed by atoms with E-state index in [0.717, 1.165) is 0 Å². The van der Waals surface area contributed by atoms with Crippen LogP contribution in [0, 0.1) is 0 Å². The first-order valence-corrected chi connectivity index (χ1v) is 7.04. The largest absolute Gasteiger partial charge is 0.375 e. The third kappa shape index (κ3) is 1.99. The Morgan fingerprint density at radius 1 is 1.56 bits per heavy atom. The van der Waals surface area contributed by atoms with Gasteiger partial charge >= 0.3 is 0 Å². The van der Waals surface area contributed by atoms with Crippen molar-refractivity contribution in [3.63, 3.8) is 0 Å². The van der Waals surface area contributed by atoms with Crippen LogP contribution in [-0.4, -0.2) is 53.7 Å². The predicted molar refractivity (Wildman–Crippen MR) is 61.4 cm³/mol. The maximum atomic E-state index is 9.26. The van der Waals surface area contributed by atoms with Crippen LogP contribution in [0.4, 0.5) is 0 Å². The van der Waals surface area contributed by atoms with Crippen LogP contribution in [0.25, 0.3) is 0 Å². The summed E-state index contributed by atoms with van der Waals surface area (Å²) in [7, 11) is -1.59. The zero-order valence-corrected chi connectivity index (χ0v) is 10.3. The highest BCUT2D eigenvalue weighted by atomic mass is 31.2. The van der Waals surface area contributed by atoms with Crippen LogP contribution in [0.15, 0.2) is 11.9 Å². The fourth-order valence-electron chi connectivity index (χ4n) is 2.33. The fraction of sp³-hybridized carbons (Fsp3) is 0.700. The van der Waals surface area contributed by atoms with Gasteiger partial charge in [0, 0.05) is 7.11 Å². The molecule has 0 radical (unpaired) electrons. The molecule has 0 aromatic rings. The van der Waals surface area contributed by atoms with Crippen LogP contribution < -0.4 is 0 Å². The normalized spacial score (nSPS) is 43.4. The molecule has 0 aliphatic carbocycles. The highest BCUT2D eigenvalue weighted by Gasteiger charge is 2.59. The minimum Gasteiger partial charge on any atom is -0.375 e. The minimum atomic E-state index is -3.18. The maximum Gasteiger partial charge on any atom is 0.139 e. The van der Waals surface area contributed by atoms with Crippen molar-refractivity contribution in [3.8, 4) is 0 Å². The Morgan fingerprint density at radius 2 is 2.25 bits per heavy atom. The molecule has 2 bridgehead atoms. The summed E-state index contributed by atoms with van der Waals surface area (Å²) in [6, 6.07) is 0. The molecule has 0 amide bonds. The molecule has 2 aliphatic heterocycles. The molecule has 2 fully saturated rings. The van der Waals surface area contributed by atoms with E-state index in [-0.39, 0.29) is 18.3 Å². The highest BCUT2D eigenvalue weighted by Crippen LogP contribution is 2.45. The third-order valence-corrected chi connectivity index (χ3v) is 3.63. The van der Waals surface area contributed by atoms with E-state index >= 15 is 0 Å². The molecule has 2 rings (SSSR count). The van der Waals surface area contributed by atoms with Crippen LogP contribution in [0.1, 0.15) is 6.92 Å². The van der Waals surface area contributed by atoms with Gasteiger partial charge in [0.15, 0.2) is 0 Å². The van der Waals surface area contributed by atoms with Gasteiger partial charge in [0.05, 0.1) is 12.7 Å². The first kappa shape index (κ1) is 12.3. The smallest absolute Gasteiger partial charge is 0.139 e. The first-order chi connectivity index (χ1) is 7.38. The molecule has 16 heavy (non-hydrogen) atoms. The lowest BCUT2D eigenvalue weighted by Gasteiger charge is -2.27. The molecule has 0 saturated carbocycles. The Hall–Kier alpha value is -0.160. The second-order valence-electron chi connectivity index (χ2n) is 4.31. The van der Waals surface area contributed by atoms with Crippen molar-refractivity contribution < 1.29 is 24.0 Å². The predicted octanol–water partition coefficient (Wildman–Crippen LogP) is 0.336. The van der Waals surface area contributed by atoms with E-state index in [0.29, 0.717) is 6.61 Å². The number of hydrogen-bond acceptors (Lipinski definition) is 5. The van der Waals surface area contributed by atoms with Gasteiger partial charge in [-0.15, -0.1) is 0 Å². The third-order valence-electron chi connectivity index (χ3n) is 3.00. The van der Waals surface area contributed by atoms with Crippen molar-refractivity contribution in [3.05, 3.63) is 11.9 Å². The summed E-state index contributed by atoms with van der Waals surface area (Å²) in [5, 5.41) is 0. The molecule has 2 heterocycles. The van der Waals surface area contributed by atoms with Crippen molar-refractivity contribution in [1.82, 2.24) is 0 Å². The van der Waals surface area contributed by atoms with Gasteiger partial charge in [0.1, 0.15) is 25.1 Å². The van der Waals surface area contributed by atoms with Crippen LogP contribution in [0.2, 0.25) is 0 Å². The highest BCUT2D eigenvalue weighted by molar-refractivity contribution is 7.65. The summed E-state index contributed by atoms with van der Waals surface area (Å²) in [4.78, 5) is 18.5. The summed E-state index contributed by atoms with van der Waals surface area (Å²) < 4.78 is 16.7. The topological polar surface area (TPSA) is 68.2 Å². The van der Waals surface area contributed by atoms with Crippen LogP contribution in [0.3, 0.4) is 0 Å². The van der Waals surface area contributed by atoms with Gasteiger partial charge < -0.3 is 24.0 Å². The second-order valence-corrected chi connectivity index (χ2v) is 6.18. The Labute approximate surface area is 94.8 Å². The van der Waals surface area contributed by atoms with Crippen molar-refractivity contribution in [2.45, 2.75) is 30.8 Å². The number of rotatable bonds is 3. The van der Waals surface area contributed by atoms with E-state index in [9.17, 15) is 9.79 Å². The minimum absolute atomic E-state index is 0.0571. The molecule has 1 unspecified atom stereocenters. The zero-order chi connectivity index (χ0) is 12.0. The summed E-state index contributed by atoms with van der Waals surface area (Å²) in [5.74, 6) is 1.29. The monoisotopic (exact) mass is 248 g/mol. The van der Waals surface area contributed by atoms with Crippen molar-refractivity contribution in [1.29, 1.82) is 0 Å². The summed E-state index contributed by atoms with van der Waals surface area (Å²) >= 11 is 0. The summed E-state index contributed by atoms with van der Waals surface area (Å²) in [5.41, 5.74) is -0.701. The van der Waals surface area contributed by atoms with E-state index in [4.69, 9.17) is 14.2 Å². The lowest BCUT2D eigenvalue weighted by atomic mass is 9.99. The second kappa shape index (κ2) is 3.95. The van der Waals surface area contributed by atoms with E-state index in [1.807, 2.05) is 6.92 Å². The van der Waals surface area contributed by atoms with Crippen LogP contribution in [0.5, 0.6) is 0 Å². The van der Waals surface area contributed by atoms with E-state index in [1.54, 1.807) is 13.2 Å². The van der Waals surface area contributed by atoms with Crippen molar-refractivity contribution in [2.24, 2.45) is 0 Å². The Bertz CT molecular complexity index is 349. The summed E-state index contributed by atoms with van der Waals surface area (Å²) in [6.45, 7) is 2.28. The fourth-order valence-corrected chi connectivity index (χ4v) is 2.82. The lowest BCUT2D eigenvalue weighted by molar-refractivity contribution is -0.116. The van der Waals surface area contributed by atoms with Gasteiger partial charge in [-0.25, -0.2) is 0 Å². The van der Waals surface area contributed by atoms with Gasteiger partial charge in [0.25, 0.3) is 0 Å². The molecule has 0 aromatic heterocycles. The molecular formula is C10H17O5P. The van der Waals surface area contributed by atoms with Crippen LogP contribution >= 0.6 is 7.34 Å². The molecule has 5 nitrogen and oxygen atoms in total. The molecular weight excluding hydrogens is 231 g/mol. The number of hydrogen-bond donors (Lipinski definition) is 2. The quantitative estimate of drug-likeness (QED) is 0.705. The molecule has 6 heteroatoms. The molecule has 0 aromatic carbocycles. The van der Waals surface area contributed by atoms with E-state index in [1.165, 1.54) is 5.82 Å². The van der Waals surface area contributed by atoms with E-state index in [2.05, 4.69) is 6.30 Å². The summed E-state index contributed by atoms with van der Waals surface area (Å²) in [6.07, 6.45) is 4.54. The number of ether oxygens (including phenoxy) is 3. The van der Waals surface area contributed by atoms with Gasteiger partial charge in [-0.2, -0.15) is 0 Å². The molecule has 2 saturated heterocycles. The standard InChI is InChI=1S/C10H17O5P/c1-7-8-9(13-2)10(15-7,6-14-8)4-5-16(3,11)12/h4-5,7-9,11-12H,3,6H2,1-2H3/b5-4+/t7-,8?,9+,10-/m0/s1. The SMILES string of the molecule is C=P(O)(O)/C=C/[C@@]12COC([C@H](C)O1)[C@H]2OC. The Morgan fingerprint density at radius 3 is 2.75 bits per heavy atom.